The molecular formula is C15H22N2O5S. The van der Waals surface area contributed by atoms with Crippen LogP contribution in [0.5, 0.6) is 0 Å². The van der Waals surface area contributed by atoms with E-state index < -0.39 is 21.5 Å². The number of amides is 1. The maximum absolute atomic E-state index is 12.6. The maximum atomic E-state index is 12.6. The largest absolute Gasteiger partial charge is 0.465 e. The van der Waals surface area contributed by atoms with Gasteiger partial charge in [0.2, 0.25) is 15.9 Å². The summed E-state index contributed by atoms with van der Waals surface area (Å²) in [5, 5.41) is 2.58. The molecule has 0 aliphatic rings. The molecule has 8 heteroatoms. The minimum absolute atomic E-state index is 0.0594. The van der Waals surface area contributed by atoms with E-state index in [0.29, 0.717) is 5.56 Å². The van der Waals surface area contributed by atoms with Crippen LogP contribution in [0.15, 0.2) is 23.1 Å². The molecule has 0 saturated carbocycles. The fraction of sp³-hybridized carbons (Fsp3) is 0.467. The second-order valence-electron chi connectivity index (χ2n) is 6.09. The molecule has 0 atom stereocenters. The van der Waals surface area contributed by atoms with Crippen molar-refractivity contribution < 1.29 is 22.7 Å². The van der Waals surface area contributed by atoms with Crippen molar-refractivity contribution in [3.8, 4) is 0 Å². The smallest absolute Gasteiger partial charge is 0.339 e. The molecule has 0 aliphatic heterocycles. The summed E-state index contributed by atoms with van der Waals surface area (Å²) >= 11 is 0. The van der Waals surface area contributed by atoms with Crippen LogP contribution in [0.3, 0.4) is 0 Å². The molecule has 1 aromatic carbocycles. The van der Waals surface area contributed by atoms with Gasteiger partial charge in [-0.05, 0) is 38.5 Å². The van der Waals surface area contributed by atoms with Crippen molar-refractivity contribution in [1.29, 1.82) is 0 Å². The van der Waals surface area contributed by atoms with Crippen molar-refractivity contribution in [2.45, 2.75) is 44.7 Å². The Bertz CT molecular complexity index is 705. The molecule has 1 aromatic rings. The van der Waals surface area contributed by atoms with Crippen molar-refractivity contribution in [3.63, 3.8) is 0 Å². The molecular weight excluding hydrogens is 320 g/mol. The van der Waals surface area contributed by atoms with Crippen LogP contribution in [-0.2, 0) is 26.1 Å². The summed E-state index contributed by atoms with van der Waals surface area (Å²) in [4.78, 5) is 22.7. The highest BCUT2D eigenvalue weighted by Gasteiger charge is 2.27. The van der Waals surface area contributed by atoms with Gasteiger partial charge in [0.25, 0.3) is 0 Å². The Balaban J connectivity index is 3.36. The van der Waals surface area contributed by atoms with E-state index in [-0.39, 0.29) is 22.9 Å². The predicted octanol–water partition coefficient (Wildman–Crippen LogP) is 1.19. The van der Waals surface area contributed by atoms with E-state index in [9.17, 15) is 18.0 Å². The molecule has 0 aliphatic carbocycles. The SMILES string of the molecule is COC(=O)c1ccc(CNC(C)=O)cc1S(=O)(=O)NC(C)(C)C. The number of carbonyl (C=O) groups excluding carboxylic acids is 2. The third-order valence-electron chi connectivity index (χ3n) is 2.72. The van der Waals surface area contributed by atoms with Crippen LogP contribution >= 0.6 is 0 Å². The molecule has 0 heterocycles. The van der Waals surface area contributed by atoms with E-state index in [1.165, 1.54) is 26.2 Å². The molecule has 1 amide bonds. The highest BCUT2D eigenvalue weighted by Crippen LogP contribution is 2.21. The topological polar surface area (TPSA) is 102 Å². The molecule has 7 nitrogen and oxygen atoms in total. The van der Waals surface area contributed by atoms with Gasteiger partial charge in [0.05, 0.1) is 17.6 Å². The molecule has 23 heavy (non-hydrogen) atoms. The van der Waals surface area contributed by atoms with Crippen molar-refractivity contribution in [2.24, 2.45) is 0 Å². The number of sulfonamides is 1. The number of esters is 1. The van der Waals surface area contributed by atoms with Crippen LogP contribution in [0.1, 0.15) is 43.6 Å². The molecule has 0 radical (unpaired) electrons. The standard InChI is InChI=1S/C15H22N2O5S/c1-10(18)16-9-11-6-7-12(14(19)22-5)13(8-11)23(20,21)17-15(2,3)4/h6-8,17H,9H2,1-5H3,(H,16,18). The van der Waals surface area contributed by atoms with E-state index in [4.69, 9.17) is 0 Å². The van der Waals surface area contributed by atoms with E-state index in [2.05, 4.69) is 14.8 Å². The average Bonchev–Trinajstić information content (AvgIpc) is 2.41. The maximum Gasteiger partial charge on any atom is 0.339 e. The second kappa shape index (κ2) is 7.10. The summed E-state index contributed by atoms with van der Waals surface area (Å²) in [7, 11) is -2.75. The molecule has 0 saturated heterocycles. The minimum atomic E-state index is -3.93. The number of rotatable bonds is 5. The van der Waals surface area contributed by atoms with E-state index in [1.807, 2.05) is 0 Å². The lowest BCUT2D eigenvalue weighted by Crippen LogP contribution is -2.41. The molecule has 0 fully saturated rings. The lowest BCUT2D eigenvalue weighted by molar-refractivity contribution is -0.119. The zero-order chi connectivity index (χ0) is 17.8. The van der Waals surface area contributed by atoms with Gasteiger partial charge in [-0.1, -0.05) is 6.07 Å². The number of hydrogen-bond donors (Lipinski definition) is 2. The quantitative estimate of drug-likeness (QED) is 0.783. The number of ether oxygens (including phenoxy) is 1. The summed E-state index contributed by atoms with van der Waals surface area (Å²) in [5.41, 5.74) is -0.210. The van der Waals surface area contributed by atoms with Gasteiger partial charge in [0.1, 0.15) is 0 Å². The van der Waals surface area contributed by atoms with Gasteiger partial charge < -0.3 is 10.1 Å². The molecule has 0 unspecified atom stereocenters. The van der Waals surface area contributed by atoms with E-state index in [1.54, 1.807) is 26.8 Å². The number of benzene rings is 1. The van der Waals surface area contributed by atoms with E-state index in [0.717, 1.165) is 0 Å². The van der Waals surface area contributed by atoms with Crippen LogP contribution in [0.4, 0.5) is 0 Å². The molecule has 128 valence electrons. The molecule has 0 spiro atoms. The van der Waals surface area contributed by atoms with Crippen LogP contribution in [-0.4, -0.2) is 32.9 Å². The Morgan fingerprint density at radius 2 is 1.83 bits per heavy atom. The second-order valence-corrected chi connectivity index (χ2v) is 7.74. The first-order valence-electron chi connectivity index (χ1n) is 6.96. The lowest BCUT2D eigenvalue weighted by atomic mass is 10.1. The first-order chi connectivity index (χ1) is 10.5. The van der Waals surface area contributed by atoms with Crippen LogP contribution in [0.2, 0.25) is 0 Å². The normalized spacial score (nSPS) is 11.9. The van der Waals surface area contributed by atoms with Crippen molar-refractivity contribution in [3.05, 3.63) is 29.3 Å². The molecule has 1 rings (SSSR count). The number of nitrogens with one attached hydrogen (secondary N) is 2. The van der Waals surface area contributed by atoms with Crippen molar-refractivity contribution >= 4 is 21.9 Å². The minimum Gasteiger partial charge on any atom is -0.465 e. The fourth-order valence-corrected chi connectivity index (χ4v) is 3.53. The number of carbonyl (C=O) groups is 2. The summed E-state index contributed by atoms with van der Waals surface area (Å²) < 4.78 is 32.3. The Kier molecular flexibility index (Phi) is 5.90. The summed E-state index contributed by atoms with van der Waals surface area (Å²) in [6.07, 6.45) is 0. The third kappa shape index (κ3) is 5.65. The third-order valence-corrected chi connectivity index (χ3v) is 4.52. The van der Waals surface area contributed by atoms with Crippen LogP contribution < -0.4 is 10.0 Å². The van der Waals surface area contributed by atoms with Gasteiger partial charge in [0, 0.05) is 19.0 Å². The molecule has 2 N–H and O–H groups in total. The van der Waals surface area contributed by atoms with Gasteiger partial charge in [0.15, 0.2) is 0 Å². The zero-order valence-electron chi connectivity index (χ0n) is 13.9. The Labute approximate surface area is 136 Å². The fourth-order valence-electron chi connectivity index (χ4n) is 1.86. The van der Waals surface area contributed by atoms with Crippen molar-refractivity contribution in [1.82, 2.24) is 10.0 Å². The van der Waals surface area contributed by atoms with E-state index >= 15 is 0 Å². The first kappa shape index (κ1) is 19.1. The van der Waals surface area contributed by atoms with Gasteiger partial charge in [-0.25, -0.2) is 17.9 Å². The van der Waals surface area contributed by atoms with Gasteiger partial charge >= 0.3 is 5.97 Å². The van der Waals surface area contributed by atoms with Gasteiger partial charge in [-0.3, -0.25) is 4.79 Å². The highest BCUT2D eigenvalue weighted by molar-refractivity contribution is 7.89. The number of hydrogen-bond acceptors (Lipinski definition) is 5. The zero-order valence-corrected chi connectivity index (χ0v) is 14.7. The summed E-state index contributed by atoms with van der Waals surface area (Å²) in [6, 6.07) is 4.30. The Morgan fingerprint density at radius 3 is 2.30 bits per heavy atom. The predicted molar refractivity (Wildman–Crippen MR) is 85.4 cm³/mol. The first-order valence-corrected chi connectivity index (χ1v) is 8.44. The van der Waals surface area contributed by atoms with Crippen molar-refractivity contribution in [2.75, 3.05) is 7.11 Å². The number of methoxy groups -OCH3 is 1. The van der Waals surface area contributed by atoms with Crippen LogP contribution in [0.25, 0.3) is 0 Å². The Hall–Kier alpha value is -1.93. The van der Waals surface area contributed by atoms with Gasteiger partial charge in [-0.15, -0.1) is 0 Å². The summed E-state index contributed by atoms with van der Waals surface area (Å²) in [6.45, 7) is 6.62. The average molecular weight is 342 g/mol. The monoisotopic (exact) mass is 342 g/mol. The highest BCUT2D eigenvalue weighted by atomic mass is 32.2. The van der Waals surface area contributed by atoms with Crippen LogP contribution in [0, 0.1) is 0 Å². The lowest BCUT2D eigenvalue weighted by Gasteiger charge is -2.21. The van der Waals surface area contributed by atoms with Gasteiger partial charge in [-0.2, -0.15) is 0 Å². The summed E-state index contributed by atoms with van der Waals surface area (Å²) in [5.74, 6) is -0.982. The molecule has 0 bridgehead atoms. The molecule has 0 aromatic heterocycles. The Morgan fingerprint density at radius 1 is 1.22 bits per heavy atom.